The maximum absolute atomic E-state index is 12.2. The fourth-order valence-electron chi connectivity index (χ4n) is 1.68. The predicted molar refractivity (Wildman–Crippen MR) is 72.0 cm³/mol. The number of hydrogen-bond acceptors (Lipinski definition) is 5. The van der Waals surface area contributed by atoms with Gasteiger partial charge in [-0.1, -0.05) is 5.16 Å². The highest BCUT2D eigenvalue weighted by Crippen LogP contribution is 2.22. The predicted octanol–water partition coefficient (Wildman–Crippen LogP) is 2.96. The number of hydrogen-bond donors (Lipinski definition) is 1. The van der Waals surface area contributed by atoms with Gasteiger partial charge in [-0.05, 0) is 24.3 Å². The summed E-state index contributed by atoms with van der Waals surface area (Å²) in [5.74, 6) is -1.03. The summed E-state index contributed by atoms with van der Waals surface area (Å²) in [6.07, 6.45) is -5.66. The Balaban J connectivity index is 2.00. The molecule has 2 rings (SSSR count). The van der Waals surface area contributed by atoms with E-state index >= 15 is 0 Å². The molecule has 0 saturated heterocycles. The van der Waals surface area contributed by atoms with Crippen molar-refractivity contribution in [2.24, 2.45) is 0 Å². The molecule has 122 valence electrons. The van der Waals surface area contributed by atoms with Crippen molar-refractivity contribution in [3.05, 3.63) is 41.6 Å². The summed E-state index contributed by atoms with van der Waals surface area (Å²) in [6.45, 7) is 1.24. The van der Waals surface area contributed by atoms with Gasteiger partial charge in [-0.25, -0.2) is 0 Å². The first-order valence-corrected chi connectivity index (χ1v) is 6.35. The Kier molecular flexibility index (Phi) is 4.68. The molecule has 23 heavy (non-hydrogen) atoms. The number of rotatable bonds is 4. The molecule has 0 aliphatic heterocycles. The smallest absolute Gasteiger partial charge is 0.394 e. The monoisotopic (exact) mass is 328 g/mol. The zero-order chi connectivity index (χ0) is 17.0. The Labute approximate surface area is 128 Å². The number of carbonyl (C=O) groups is 2. The first-order chi connectivity index (χ1) is 10.7. The minimum absolute atomic E-state index is 0.196. The number of carbonyl (C=O) groups excluding carboxylic acids is 2. The first-order valence-electron chi connectivity index (χ1n) is 6.35. The molecule has 1 N–H and O–H groups in total. The SMILES string of the molecule is CC(=O)Oc1ccc(C(=O)Nc2cc(CC(F)(F)F)no2)cc1. The Morgan fingerprint density at radius 1 is 1.26 bits per heavy atom. The van der Waals surface area contributed by atoms with Crippen LogP contribution in [0.2, 0.25) is 0 Å². The van der Waals surface area contributed by atoms with Crippen LogP contribution in [0.25, 0.3) is 0 Å². The van der Waals surface area contributed by atoms with E-state index in [1.54, 1.807) is 0 Å². The zero-order valence-electron chi connectivity index (χ0n) is 11.8. The van der Waals surface area contributed by atoms with Crippen molar-refractivity contribution in [2.75, 3.05) is 5.32 Å². The molecule has 0 radical (unpaired) electrons. The molecule has 0 aliphatic rings. The van der Waals surface area contributed by atoms with E-state index in [0.29, 0.717) is 0 Å². The quantitative estimate of drug-likeness (QED) is 0.689. The Morgan fingerprint density at radius 2 is 1.91 bits per heavy atom. The second kappa shape index (κ2) is 6.51. The molecule has 0 saturated carbocycles. The number of halogens is 3. The highest BCUT2D eigenvalue weighted by molar-refractivity contribution is 6.03. The van der Waals surface area contributed by atoms with E-state index in [4.69, 9.17) is 4.74 Å². The van der Waals surface area contributed by atoms with Crippen molar-refractivity contribution >= 4 is 17.8 Å². The third-order valence-corrected chi connectivity index (χ3v) is 2.56. The van der Waals surface area contributed by atoms with Crippen LogP contribution in [0, 0.1) is 0 Å². The Bertz CT molecular complexity index is 708. The van der Waals surface area contributed by atoms with Gasteiger partial charge in [-0.15, -0.1) is 0 Å². The van der Waals surface area contributed by atoms with Crippen LogP contribution >= 0.6 is 0 Å². The zero-order valence-corrected chi connectivity index (χ0v) is 11.8. The molecule has 0 aliphatic carbocycles. The third kappa shape index (κ3) is 5.13. The van der Waals surface area contributed by atoms with E-state index < -0.39 is 24.5 Å². The molecule has 0 spiro atoms. The lowest BCUT2D eigenvalue weighted by Gasteiger charge is -2.03. The number of anilines is 1. The van der Waals surface area contributed by atoms with Crippen LogP contribution in [-0.2, 0) is 11.2 Å². The van der Waals surface area contributed by atoms with E-state index in [-0.39, 0.29) is 22.9 Å². The van der Waals surface area contributed by atoms with Crippen molar-refractivity contribution in [1.29, 1.82) is 0 Å². The van der Waals surface area contributed by atoms with Gasteiger partial charge in [0, 0.05) is 18.6 Å². The molecule has 0 unspecified atom stereocenters. The van der Waals surface area contributed by atoms with Gasteiger partial charge < -0.3 is 9.26 Å². The number of amides is 1. The lowest BCUT2D eigenvalue weighted by atomic mass is 10.2. The van der Waals surface area contributed by atoms with Crippen LogP contribution in [0.4, 0.5) is 19.1 Å². The maximum atomic E-state index is 12.2. The second-order valence-corrected chi connectivity index (χ2v) is 4.55. The van der Waals surface area contributed by atoms with Crippen LogP contribution in [0.1, 0.15) is 23.0 Å². The summed E-state index contributed by atoms with van der Waals surface area (Å²) < 4.78 is 46.0. The van der Waals surface area contributed by atoms with Crippen molar-refractivity contribution in [1.82, 2.24) is 5.16 Å². The van der Waals surface area contributed by atoms with Crippen molar-refractivity contribution < 1.29 is 32.0 Å². The summed E-state index contributed by atoms with van der Waals surface area (Å²) in [6, 6.07) is 6.59. The van der Waals surface area contributed by atoms with Crippen molar-refractivity contribution in [3.63, 3.8) is 0 Å². The van der Waals surface area contributed by atoms with E-state index in [0.717, 1.165) is 6.07 Å². The molecule has 1 heterocycles. The Morgan fingerprint density at radius 3 is 2.48 bits per heavy atom. The number of alkyl halides is 3. The number of esters is 1. The minimum atomic E-state index is -4.41. The number of aromatic nitrogens is 1. The van der Waals surface area contributed by atoms with Gasteiger partial charge in [0.1, 0.15) is 5.75 Å². The summed E-state index contributed by atoms with van der Waals surface area (Å²) in [5, 5.41) is 5.51. The average Bonchev–Trinajstić information content (AvgIpc) is 2.83. The van der Waals surface area contributed by atoms with Gasteiger partial charge in [0.2, 0.25) is 5.88 Å². The molecule has 9 heteroatoms. The third-order valence-electron chi connectivity index (χ3n) is 2.56. The summed E-state index contributed by atoms with van der Waals surface area (Å²) in [5.41, 5.74) is -0.132. The van der Waals surface area contributed by atoms with E-state index in [2.05, 4.69) is 15.0 Å². The number of benzene rings is 1. The van der Waals surface area contributed by atoms with Crippen molar-refractivity contribution in [3.8, 4) is 5.75 Å². The highest BCUT2D eigenvalue weighted by atomic mass is 19.4. The van der Waals surface area contributed by atoms with Crippen molar-refractivity contribution in [2.45, 2.75) is 19.5 Å². The second-order valence-electron chi connectivity index (χ2n) is 4.55. The van der Waals surface area contributed by atoms with E-state index in [1.807, 2.05) is 0 Å². The van der Waals surface area contributed by atoms with Gasteiger partial charge in [0.15, 0.2) is 0 Å². The first kappa shape index (κ1) is 16.5. The van der Waals surface area contributed by atoms with Crippen LogP contribution < -0.4 is 10.1 Å². The molecule has 6 nitrogen and oxygen atoms in total. The maximum Gasteiger partial charge on any atom is 0.394 e. The fourth-order valence-corrected chi connectivity index (χ4v) is 1.68. The average molecular weight is 328 g/mol. The summed E-state index contributed by atoms with van der Waals surface area (Å²) in [4.78, 5) is 22.7. The molecule has 1 aromatic carbocycles. The topological polar surface area (TPSA) is 81.4 Å². The van der Waals surface area contributed by atoms with E-state index in [1.165, 1.54) is 31.2 Å². The largest absolute Gasteiger partial charge is 0.427 e. The van der Waals surface area contributed by atoms with Gasteiger partial charge in [0.25, 0.3) is 5.91 Å². The fraction of sp³-hybridized carbons (Fsp3) is 0.214. The van der Waals surface area contributed by atoms with Crippen LogP contribution in [-0.4, -0.2) is 23.2 Å². The molecule has 2 aromatic rings. The van der Waals surface area contributed by atoms with Gasteiger partial charge in [0.05, 0.1) is 12.1 Å². The molecule has 0 fully saturated rings. The molecule has 0 atom stereocenters. The van der Waals surface area contributed by atoms with Crippen LogP contribution in [0.3, 0.4) is 0 Å². The molecule has 1 amide bonds. The van der Waals surface area contributed by atoms with E-state index in [9.17, 15) is 22.8 Å². The Hall–Kier alpha value is -2.84. The minimum Gasteiger partial charge on any atom is -0.427 e. The molecular formula is C14H11F3N2O4. The molecule has 0 bridgehead atoms. The normalized spacial score (nSPS) is 11.1. The summed E-state index contributed by atoms with van der Waals surface area (Å²) >= 11 is 0. The molecule has 1 aromatic heterocycles. The van der Waals surface area contributed by atoms with Gasteiger partial charge in [-0.2, -0.15) is 13.2 Å². The number of ether oxygens (including phenoxy) is 1. The summed E-state index contributed by atoms with van der Waals surface area (Å²) in [7, 11) is 0. The number of nitrogens with one attached hydrogen (secondary N) is 1. The van der Waals surface area contributed by atoms with Crippen LogP contribution in [0.5, 0.6) is 5.75 Å². The number of nitrogens with zero attached hydrogens (tertiary/aromatic N) is 1. The van der Waals surface area contributed by atoms with Crippen LogP contribution in [0.15, 0.2) is 34.9 Å². The molecular weight excluding hydrogens is 317 g/mol. The van der Waals surface area contributed by atoms with Gasteiger partial charge >= 0.3 is 12.1 Å². The standard InChI is InChI=1S/C14H11F3N2O4/c1-8(20)22-11-4-2-9(3-5-11)13(21)18-12-6-10(19-23-12)7-14(15,16)17/h2-6H,7H2,1H3,(H,18,21). The lowest BCUT2D eigenvalue weighted by Crippen LogP contribution is -2.12. The lowest BCUT2D eigenvalue weighted by molar-refractivity contribution is -0.132. The highest BCUT2D eigenvalue weighted by Gasteiger charge is 2.29. The van der Waals surface area contributed by atoms with Gasteiger partial charge in [-0.3, -0.25) is 14.9 Å².